The SMILES string of the molecule is CCc1c(F)ccc2cc(O)cc(-c3ncc4c(N5CCOC[C@@](C)(O)C5)nc(OC[C@]56CCC[C@H]5N(CC5CC(OC)C5)CCC6)nc4c3F)c12. The van der Waals surface area contributed by atoms with Crippen LogP contribution in [-0.2, 0) is 15.9 Å². The number of anilines is 1. The van der Waals surface area contributed by atoms with Crippen LogP contribution >= 0.6 is 0 Å². The molecule has 2 saturated carbocycles. The number of nitrogens with zero attached hydrogens (tertiary/aromatic N) is 5. The highest BCUT2D eigenvalue weighted by molar-refractivity contribution is 6.01. The highest BCUT2D eigenvalue weighted by Crippen LogP contribution is 2.49. The summed E-state index contributed by atoms with van der Waals surface area (Å²) in [5.74, 6) is -0.162. The van der Waals surface area contributed by atoms with Gasteiger partial charge in [-0.3, -0.25) is 9.88 Å². The largest absolute Gasteiger partial charge is 0.508 e. The van der Waals surface area contributed by atoms with Crippen LogP contribution in [0.25, 0.3) is 32.9 Å². The van der Waals surface area contributed by atoms with Crippen LogP contribution in [0, 0.1) is 23.0 Å². The van der Waals surface area contributed by atoms with Crippen LogP contribution in [0.2, 0.25) is 0 Å². The maximum atomic E-state index is 17.1. The second-order valence-electron chi connectivity index (χ2n) is 15.8. The van der Waals surface area contributed by atoms with Crippen LogP contribution in [0.5, 0.6) is 11.8 Å². The number of ether oxygens (including phenoxy) is 3. The van der Waals surface area contributed by atoms with Gasteiger partial charge in [-0.1, -0.05) is 19.4 Å². The number of piperidine rings is 1. The van der Waals surface area contributed by atoms with E-state index < -0.39 is 17.2 Å². The standard InChI is InChI=1S/C40H49F2N5O5/c1-4-28-31(41)9-8-25-17-26(48)18-29(33(25)28)35-34(42)36-30(19-43-35)37(47-13-14-51-22-39(2,49)21-47)45-38(44-36)52-23-40-10-5-7-32(40)46(12-6-11-40)20-24-15-27(16-24)50-3/h8-9,17-19,24,27,32,48-49H,4-7,10-16,20-23H2,1-3H3/t24?,27?,32-,39+,40-/m1/s1. The summed E-state index contributed by atoms with van der Waals surface area (Å²) >= 11 is 0. The zero-order valence-electron chi connectivity index (χ0n) is 30.3. The molecule has 0 bridgehead atoms. The van der Waals surface area contributed by atoms with Crippen LogP contribution < -0.4 is 9.64 Å². The van der Waals surface area contributed by atoms with E-state index in [1.54, 1.807) is 26.2 Å². The normalized spacial score (nSPS) is 28.2. The van der Waals surface area contributed by atoms with Crippen molar-refractivity contribution in [3.8, 4) is 23.0 Å². The van der Waals surface area contributed by atoms with Crippen molar-refractivity contribution in [3.05, 3.63) is 47.7 Å². The Labute approximate surface area is 303 Å². The van der Waals surface area contributed by atoms with Crippen LogP contribution in [0.4, 0.5) is 14.6 Å². The van der Waals surface area contributed by atoms with Gasteiger partial charge in [0.1, 0.15) is 34.2 Å². The summed E-state index contributed by atoms with van der Waals surface area (Å²) in [6, 6.07) is 6.37. The smallest absolute Gasteiger partial charge is 0.319 e. The Bertz CT molecular complexity index is 1970. The van der Waals surface area contributed by atoms with Gasteiger partial charge in [-0.15, -0.1) is 0 Å². The topological polar surface area (TPSA) is 113 Å². The van der Waals surface area contributed by atoms with Crippen LogP contribution in [0.1, 0.15) is 64.4 Å². The number of methoxy groups -OCH3 is 1. The Morgan fingerprint density at radius 3 is 2.73 bits per heavy atom. The number of aromatic hydroxyl groups is 1. The Hall–Kier alpha value is -3.71. The van der Waals surface area contributed by atoms with E-state index in [2.05, 4.69) is 9.88 Å². The third kappa shape index (κ3) is 6.45. The van der Waals surface area contributed by atoms with Gasteiger partial charge in [-0.25, -0.2) is 8.78 Å². The number of halogens is 2. The van der Waals surface area contributed by atoms with Gasteiger partial charge in [0.05, 0.1) is 37.9 Å². The number of fused-ring (bicyclic) bond motifs is 3. The number of benzene rings is 2. The molecule has 2 aromatic carbocycles. The first kappa shape index (κ1) is 35.3. The van der Waals surface area contributed by atoms with Gasteiger partial charge >= 0.3 is 6.01 Å². The Kier molecular flexibility index (Phi) is 9.46. The second-order valence-corrected chi connectivity index (χ2v) is 15.8. The number of β-amino-alcohol motifs (C(OH)–C–C–N with tert-alkyl or cyclic N) is 1. The molecule has 2 aromatic heterocycles. The van der Waals surface area contributed by atoms with Crippen molar-refractivity contribution in [2.45, 2.75) is 83.0 Å². The minimum Gasteiger partial charge on any atom is -0.508 e. The zero-order valence-corrected chi connectivity index (χ0v) is 30.3. The lowest BCUT2D eigenvalue weighted by atomic mass is 9.74. The summed E-state index contributed by atoms with van der Waals surface area (Å²) in [7, 11) is 1.80. The molecule has 2 N–H and O–H groups in total. The first-order valence-electron chi connectivity index (χ1n) is 18.8. The molecule has 8 rings (SSSR count). The van der Waals surface area contributed by atoms with Crippen molar-refractivity contribution >= 4 is 27.5 Å². The molecule has 4 heterocycles. The van der Waals surface area contributed by atoms with E-state index in [4.69, 9.17) is 24.2 Å². The highest BCUT2D eigenvalue weighted by Gasteiger charge is 2.49. The molecule has 4 aromatic rings. The van der Waals surface area contributed by atoms with Crippen LogP contribution in [0.3, 0.4) is 0 Å². The summed E-state index contributed by atoms with van der Waals surface area (Å²) in [4.78, 5) is 18.7. The third-order valence-corrected chi connectivity index (χ3v) is 12.1. The van der Waals surface area contributed by atoms with Crippen molar-refractivity contribution in [3.63, 3.8) is 0 Å². The van der Waals surface area contributed by atoms with Crippen molar-refractivity contribution < 1.29 is 33.2 Å². The molecule has 0 spiro atoms. The minimum atomic E-state index is -1.17. The average Bonchev–Trinajstić information content (AvgIpc) is 3.46. The fourth-order valence-corrected chi connectivity index (χ4v) is 9.52. The summed E-state index contributed by atoms with van der Waals surface area (Å²) in [5.41, 5.74) is -0.588. The van der Waals surface area contributed by atoms with E-state index in [0.29, 0.717) is 71.8 Å². The monoisotopic (exact) mass is 717 g/mol. The van der Waals surface area contributed by atoms with E-state index >= 15 is 8.78 Å². The number of likely N-dealkylation sites (tertiary alicyclic amines) is 1. The van der Waals surface area contributed by atoms with E-state index in [1.807, 2.05) is 11.8 Å². The van der Waals surface area contributed by atoms with Crippen molar-refractivity contribution in [1.29, 1.82) is 0 Å². The van der Waals surface area contributed by atoms with E-state index in [9.17, 15) is 10.2 Å². The lowest BCUT2D eigenvalue weighted by molar-refractivity contribution is -0.0457. The molecule has 2 aliphatic carbocycles. The maximum absolute atomic E-state index is 17.1. The number of pyridine rings is 1. The first-order valence-corrected chi connectivity index (χ1v) is 18.8. The lowest BCUT2D eigenvalue weighted by Crippen LogP contribution is -2.54. The molecule has 4 aliphatic rings. The number of aryl methyl sites for hydroxylation is 1. The Balaban J connectivity index is 1.19. The maximum Gasteiger partial charge on any atom is 0.319 e. The summed E-state index contributed by atoms with van der Waals surface area (Å²) in [6.45, 7) is 7.23. The molecular formula is C40H49F2N5O5. The number of hydrogen-bond donors (Lipinski definition) is 2. The molecule has 12 heteroatoms. The average molecular weight is 718 g/mol. The number of rotatable bonds is 9. The molecule has 2 saturated heterocycles. The number of hydrogen-bond acceptors (Lipinski definition) is 10. The lowest BCUT2D eigenvalue weighted by Gasteiger charge is -2.48. The van der Waals surface area contributed by atoms with Gasteiger partial charge in [0, 0.05) is 43.4 Å². The van der Waals surface area contributed by atoms with Gasteiger partial charge in [-0.2, -0.15) is 9.97 Å². The van der Waals surface area contributed by atoms with Crippen molar-refractivity contribution in [2.24, 2.45) is 11.3 Å². The van der Waals surface area contributed by atoms with Crippen LogP contribution in [0.15, 0.2) is 30.5 Å². The van der Waals surface area contributed by atoms with Gasteiger partial charge in [0.2, 0.25) is 0 Å². The molecule has 2 aliphatic heterocycles. The summed E-state index contributed by atoms with van der Waals surface area (Å²) in [5, 5.41) is 23.2. The molecule has 0 unspecified atom stereocenters. The van der Waals surface area contributed by atoms with Gasteiger partial charge in [0.15, 0.2) is 5.82 Å². The molecule has 0 radical (unpaired) electrons. The number of aliphatic hydroxyl groups is 1. The second kappa shape index (κ2) is 13.9. The first-order chi connectivity index (χ1) is 25.1. The van der Waals surface area contributed by atoms with Gasteiger partial charge < -0.3 is 29.3 Å². The zero-order chi connectivity index (χ0) is 36.2. The van der Waals surface area contributed by atoms with Gasteiger partial charge in [0.25, 0.3) is 0 Å². The molecule has 4 fully saturated rings. The van der Waals surface area contributed by atoms with E-state index in [0.717, 1.165) is 58.0 Å². The number of aromatic nitrogens is 3. The molecule has 278 valence electrons. The molecular weight excluding hydrogens is 668 g/mol. The molecule has 3 atom stereocenters. The molecule has 52 heavy (non-hydrogen) atoms. The predicted molar refractivity (Wildman–Crippen MR) is 195 cm³/mol. The molecule has 0 amide bonds. The minimum absolute atomic E-state index is 0.00387. The predicted octanol–water partition coefficient (Wildman–Crippen LogP) is 6.42. The Morgan fingerprint density at radius 2 is 1.92 bits per heavy atom. The molecule has 10 nitrogen and oxygen atoms in total. The summed E-state index contributed by atoms with van der Waals surface area (Å²) < 4.78 is 50.0. The van der Waals surface area contributed by atoms with Crippen molar-refractivity contribution in [1.82, 2.24) is 19.9 Å². The van der Waals surface area contributed by atoms with E-state index in [-0.39, 0.29) is 47.1 Å². The fourth-order valence-electron chi connectivity index (χ4n) is 9.52. The quantitative estimate of drug-likeness (QED) is 0.201. The van der Waals surface area contributed by atoms with Crippen LogP contribution in [-0.4, -0.2) is 101 Å². The van der Waals surface area contributed by atoms with Crippen molar-refractivity contribution in [2.75, 3.05) is 58.0 Å². The summed E-state index contributed by atoms with van der Waals surface area (Å²) in [6.07, 6.45) is 9.94. The fraction of sp³-hybridized carbons (Fsp3) is 0.575. The number of phenols is 1. The van der Waals surface area contributed by atoms with E-state index in [1.165, 1.54) is 18.3 Å². The number of phenolic OH excluding ortho intramolecular Hbond substituents is 1. The van der Waals surface area contributed by atoms with Gasteiger partial charge in [-0.05, 0) is 98.9 Å². The Morgan fingerprint density at radius 1 is 1.10 bits per heavy atom. The third-order valence-electron chi connectivity index (χ3n) is 12.1. The highest BCUT2D eigenvalue weighted by atomic mass is 19.1.